The average Bonchev–Trinajstić information content (AvgIpc) is 3.33. The molecule has 0 aliphatic heterocycles. The highest BCUT2D eigenvalue weighted by Crippen LogP contribution is 2.42. The molecule has 31 heavy (non-hydrogen) atoms. The number of hydrogen-bond acceptors (Lipinski definition) is 4. The number of thiophene rings is 1. The van der Waals surface area contributed by atoms with Crippen molar-refractivity contribution in [1.82, 2.24) is 9.55 Å². The van der Waals surface area contributed by atoms with Gasteiger partial charge in [0.2, 0.25) is 0 Å². The third-order valence-electron chi connectivity index (χ3n) is 6.48. The fourth-order valence-electron chi connectivity index (χ4n) is 5.14. The Hall–Kier alpha value is -1.47. The summed E-state index contributed by atoms with van der Waals surface area (Å²) < 4.78 is 15.6. The minimum atomic E-state index is -1.81. The van der Waals surface area contributed by atoms with Crippen LogP contribution in [0.5, 0.6) is 0 Å². The molecule has 0 aliphatic carbocycles. The summed E-state index contributed by atoms with van der Waals surface area (Å²) in [6, 6.07) is 8.74. The molecule has 0 saturated carbocycles. The summed E-state index contributed by atoms with van der Waals surface area (Å²) in [5, 5.41) is 3.42. The highest BCUT2D eigenvalue weighted by molar-refractivity contribution is 7.17. The van der Waals surface area contributed by atoms with E-state index >= 15 is 0 Å². The van der Waals surface area contributed by atoms with Gasteiger partial charge in [0.1, 0.15) is 12.6 Å². The molecule has 0 fully saturated rings. The van der Waals surface area contributed by atoms with E-state index in [4.69, 9.17) is 14.1 Å². The number of aromatic nitrogens is 2. The minimum Gasteiger partial charge on any atom is -0.416 e. The van der Waals surface area contributed by atoms with Gasteiger partial charge < -0.3 is 13.7 Å². The van der Waals surface area contributed by atoms with Crippen molar-refractivity contribution < 1.29 is 9.16 Å². The lowest BCUT2D eigenvalue weighted by Crippen LogP contribution is -2.48. The van der Waals surface area contributed by atoms with Gasteiger partial charge in [0.25, 0.3) is 0 Å². The van der Waals surface area contributed by atoms with Crippen LogP contribution in [0.15, 0.2) is 35.8 Å². The lowest BCUT2D eigenvalue weighted by Gasteiger charge is -2.42. The van der Waals surface area contributed by atoms with E-state index in [0.717, 1.165) is 36.5 Å². The Morgan fingerprint density at radius 1 is 1.03 bits per heavy atom. The summed E-state index contributed by atoms with van der Waals surface area (Å²) in [5.41, 5.74) is 4.01. The second kappa shape index (κ2) is 10.4. The van der Waals surface area contributed by atoms with Crippen molar-refractivity contribution in [3.05, 3.63) is 41.7 Å². The second-order valence-electron chi connectivity index (χ2n) is 9.37. The molecular formula is C25H38N2O2SSi. The number of nitrogens with zero attached hydrogens (tertiary/aromatic N) is 2. The molecule has 0 radical (unpaired) electrons. The standard InChI is InChI=1S/C25H38N2O2SSi/c1-18(2)31(19(3)4,20(5)6)29-13-8-9-25-26-23(16-27(25)17-28-7)22-11-10-21-12-14-30-24(21)15-22/h10-12,14-16,18-20H,8-9,13,17H2,1-7H3. The van der Waals surface area contributed by atoms with Crippen molar-refractivity contribution in [1.29, 1.82) is 0 Å². The van der Waals surface area contributed by atoms with Gasteiger partial charge in [-0.25, -0.2) is 4.98 Å². The summed E-state index contributed by atoms with van der Waals surface area (Å²) in [6.07, 6.45) is 3.98. The third kappa shape index (κ3) is 5.13. The maximum absolute atomic E-state index is 6.74. The summed E-state index contributed by atoms with van der Waals surface area (Å²) in [5.74, 6) is 1.07. The Labute approximate surface area is 192 Å². The number of fused-ring (bicyclic) bond motifs is 1. The Morgan fingerprint density at radius 3 is 2.39 bits per heavy atom. The quantitative estimate of drug-likeness (QED) is 0.220. The van der Waals surface area contributed by atoms with Gasteiger partial charge in [0.15, 0.2) is 8.32 Å². The topological polar surface area (TPSA) is 36.3 Å². The Morgan fingerprint density at radius 2 is 1.74 bits per heavy atom. The zero-order chi connectivity index (χ0) is 22.6. The zero-order valence-electron chi connectivity index (χ0n) is 20.1. The number of rotatable bonds is 11. The van der Waals surface area contributed by atoms with E-state index in [1.165, 1.54) is 10.1 Å². The fourth-order valence-corrected chi connectivity index (χ4v) is 11.5. The molecule has 0 N–H and O–H groups in total. The highest BCUT2D eigenvalue weighted by atomic mass is 32.1. The summed E-state index contributed by atoms with van der Waals surface area (Å²) in [6.45, 7) is 15.4. The van der Waals surface area contributed by atoms with Crippen molar-refractivity contribution in [3.63, 3.8) is 0 Å². The van der Waals surface area contributed by atoms with Gasteiger partial charge in [-0.2, -0.15) is 0 Å². The molecule has 0 saturated heterocycles. The molecule has 3 aromatic rings. The monoisotopic (exact) mass is 458 g/mol. The van der Waals surface area contributed by atoms with Gasteiger partial charge in [0.05, 0.1) is 5.69 Å². The van der Waals surface area contributed by atoms with E-state index in [1.807, 2.05) is 0 Å². The molecule has 1 aromatic carbocycles. The molecule has 4 nitrogen and oxygen atoms in total. The molecule has 0 spiro atoms. The first-order valence-corrected chi connectivity index (χ1v) is 14.5. The van der Waals surface area contributed by atoms with Crippen molar-refractivity contribution in [2.75, 3.05) is 13.7 Å². The maximum atomic E-state index is 6.74. The molecular weight excluding hydrogens is 420 g/mol. The Kier molecular flexibility index (Phi) is 8.13. The van der Waals surface area contributed by atoms with Gasteiger partial charge in [0, 0.05) is 36.6 Å². The predicted molar refractivity (Wildman–Crippen MR) is 135 cm³/mol. The highest BCUT2D eigenvalue weighted by Gasteiger charge is 2.44. The molecule has 0 amide bonds. The van der Waals surface area contributed by atoms with Crippen LogP contribution in [0.3, 0.4) is 0 Å². The van der Waals surface area contributed by atoms with Gasteiger partial charge in [-0.3, -0.25) is 0 Å². The van der Waals surface area contributed by atoms with Crippen LogP contribution in [0.2, 0.25) is 16.6 Å². The third-order valence-corrected chi connectivity index (χ3v) is 13.5. The smallest absolute Gasteiger partial charge is 0.200 e. The van der Waals surface area contributed by atoms with Crippen LogP contribution in [-0.4, -0.2) is 31.6 Å². The summed E-state index contributed by atoms with van der Waals surface area (Å²) in [7, 11) is -0.0779. The minimum absolute atomic E-state index is 0.521. The predicted octanol–water partition coefficient (Wildman–Crippen LogP) is 7.49. The lowest BCUT2D eigenvalue weighted by atomic mass is 10.1. The molecule has 0 unspecified atom stereocenters. The van der Waals surface area contributed by atoms with Crippen molar-refractivity contribution in [2.45, 2.75) is 77.7 Å². The van der Waals surface area contributed by atoms with E-state index in [1.54, 1.807) is 18.4 Å². The average molecular weight is 459 g/mol. The lowest BCUT2D eigenvalue weighted by molar-refractivity contribution is 0.128. The van der Waals surface area contributed by atoms with E-state index in [2.05, 4.69) is 82.0 Å². The van der Waals surface area contributed by atoms with Crippen LogP contribution in [-0.2, 0) is 22.3 Å². The molecule has 0 aliphatic rings. The summed E-state index contributed by atoms with van der Waals surface area (Å²) >= 11 is 1.77. The van der Waals surface area contributed by atoms with E-state index < -0.39 is 8.32 Å². The van der Waals surface area contributed by atoms with Gasteiger partial charge >= 0.3 is 0 Å². The SMILES string of the molecule is COCn1cc(-c2ccc3ccsc3c2)nc1CCCO[Si](C(C)C)(C(C)C)C(C)C. The first-order valence-electron chi connectivity index (χ1n) is 11.5. The Bertz CT molecular complexity index is 955. The molecule has 2 heterocycles. The van der Waals surface area contributed by atoms with Crippen molar-refractivity contribution >= 4 is 29.7 Å². The normalized spacial score (nSPS) is 12.7. The van der Waals surface area contributed by atoms with Gasteiger partial charge in [-0.05, 0) is 45.9 Å². The number of ether oxygens (including phenoxy) is 1. The van der Waals surface area contributed by atoms with Crippen LogP contribution in [0.4, 0.5) is 0 Å². The molecule has 6 heteroatoms. The molecule has 3 rings (SSSR count). The summed E-state index contributed by atoms with van der Waals surface area (Å²) in [4.78, 5) is 4.97. The van der Waals surface area contributed by atoms with Gasteiger partial charge in [-0.1, -0.05) is 53.7 Å². The van der Waals surface area contributed by atoms with Crippen LogP contribution >= 0.6 is 11.3 Å². The number of hydrogen-bond donors (Lipinski definition) is 0. The van der Waals surface area contributed by atoms with Crippen LogP contribution in [0.25, 0.3) is 21.3 Å². The van der Waals surface area contributed by atoms with Crippen LogP contribution in [0.1, 0.15) is 53.8 Å². The number of imidazole rings is 1. The maximum Gasteiger partial charge on any atom is 0.200 e. The molecule has 2 aromatic heterocycles. The van der Waals surface area contributed by atoms with Crippen LogP contribution in [0, 0.1) is 0 Å². The van der Waals surface area contributed by atoms with E-state index in [0.29, 0.717) is 23.4 Å². The van der Waals surface area contributed by atoms with Gasteiger partial charge in [-0.15, -0.1) is 11.3 Å². The number of methoxy groups -OCH3 is 1. The number of aryl methyl sites for hydroxylation is 1. The van der Waals surface area contributed by atoms with E-state index in [9.17, 15) is 0 Å². The first-order chi connectivity index (χ1) is 14.8. The largest absolute Gasteiger partial charge is 0.416 e. The zero-order valence-corrected chi connectivity index (χ0v) is 22.0. The molecule has 170 valence electrons. The Balaban J connectivity index is 1.72. The van der Waals surface area contributed by atoms with Crippen molar-refractivity contribution in [2.24, 2.45) is 0 Å². The molecule has 0 bridgehead atoms. The fraction of sp³-hybridized carbons (Fsp3) is 0.560. The first kappa shape index (κ1) is 24.2. The van der Waals surface area contributed by atoms with E-state index in [-0.39, 0.29) is 0 Å². The van der Waals surface area contributed by atoms with Crippen molar-refractivity contribution in [3.8, 4) is 11.3 Å². The second-order valence-corrected chi connectivity index (χ2v) is 15.8. The molecule has 0 atom stereocenters. The number of benzene rings is 1. The van der Waals surface area contributed by atoms with Crippen LogP contribution < -0.4 is 0 Å².